The van der Waals surface area contributed by atoms with Gasteiger partial charge in [0.2, 0.25) is 0 Å². The molecule has 3 N–H and O–H groups in total. The number of rotatable bonds is 4. The third kappa shape index (κ3) is 3.32. The first-order chi connectivity index (χ1) is 9.97. The van der Waals surface area contributed by atoms with Crippen molar-refractivity contribution in [2.75, 3.05) is 11.6 Å². The first-order valence-corrected chi connectivity index (χ1v) is 8.14. The number of hydrogen-bond acceptors (Lipinski definition) is 3. The fraction of sp³-hybridized carbons (Fsp3) is 0.467. The van der Waals surface area contributed by atoms with Gasteiger partial charge in [-0.15, -0.1) is 11.8 Å². The van der Waals surface area contributed by atoms with Crippen LogP contribution >= 0.6 is 11.8 Å². The van der Waals surface area contributed by atoms with Crippen LogP contribution < -0.4 is 10.6 Å². The zero-order valence-electron chi connectivity index (χ0n) is 12.2. The Kier molecular flexibility index (Phi) is 4.77. The predicted molar refractivity (Wildman–Crippen MR) is 83.8 cm³/mol. The summed E-state index contributed by atoms with van der Waals surface area (Å²) in [5, 5.41) is 15.0. The van der Waals surface area contributed by atoms with Crippen LogP contribution in [0.4, 0.5) is 10.5 Å². The fourth-order valence-electron chi connectivity index (χ4n) is 2.72. The fourth-order valence-corrected chi connectivity index (χ4v) is 3.27. The third-order valence-corrected chi connectivity index (χ3v) is 4.90. The highest BCUT2D eigenvalue weighted by atomic mass is 32.2. The second-order valence-corrected chi connectivity index (χ2v) is 6.31. The SMILES string of the molecule is CSc1ccccc1NC(=O)NC1CCCC1(C)C(=O)O. The molecule has 1 aliphatic rings. The standard InChI is InChI=1S/C15H20N2O3S/c1-15(13(18)19)9-5-8-12(15)17-14(20)16-10-6-3-4-7-11(10)21-2/h3-4,6-7,12H,5,8-9H2,1-2H3,(H,18,19)(H2,16,17,20). The average molecular weight is 308 g/mol. The van der Waals surface area contributed by atoms with Gasteiger partial charge in [-0.05, 0) is 38.2 Å². The summed E-state index contributed by atoms with van der Waals surface area (Å²) >= 11 is 1.55. The second-order valence-electron chi connectivity index (χ2n) is 5.47. The summed E-state index contributed by atoms with van der Waals surface area (Å²) < 4.78 is 0. The van der Waals surface area contributed by atoms with Gasteiger partial charge in [-0.25, -0.2) is 4.79 Å². The number of hydrogen-bond donors (Lipinski definition) is 3. The molecule has 1 fully saturated rings. The van der Waals surface area contributed by atoms with Crippen molar-refractivity contribution >= 4 is 29.4 Å². The maximum absolute atomic E-state index is 12.1. The minimum atomic E-state index is -0.879. The highest BCUT2D eigenvalue weighted by Crippen LogP contribution is 2.38. The van der Waals surface area contributed by atoms with Crippen molar-refractivity contribution in [3.63, 3.8) is 0 Å². The van der Waals surface area contributed by atoms with Crippen molar-refractivity contribution in [3.8, 4) is 0 Å². The Hall–Kier alpha value is -1.69. The largest absolute Gasteiger partial charge is 0.481 e. The number of thioether (sulfide) groups is 1. The molecular weight excluding hydrogens is 288 g/mol. The summed E-state index contributed by atoms with van der Waals surface area (Å²) in [5.41, 5.74) is -0.145. The van der Waals surface area contributed by atoms with Crippen molar-refractivity contribution in [2.45, 2.75) is 37.1 Å². The molecule has 0 spiro atoms. The van der Waals surface area contributed by atoms with E-state index < -0.39 is 11.4 Å². The number of benzene rings is 1. The van der Waals surface area contributed by atoms with Crippen LogP contribution in [0, 0.1) is 5.41 Å². The van der Waals surface area contributed by atoms with E-state index in [-0.39, 0.29) is 12.1 Å². The van der Waals surface area contributed by atoms with Crippen LogP contribution in [0.3, 0.4) is 0 Å². The molecule has 2 rings (SSSR count). The van der Waals surface area contributed by atoms with Crippen molar-refractivity contribution in [2.24, 2.45) is 5.41 Å². The number of carbonyl (C=O) groups is 2. The monoisotopic (exact) mass is 308 g/mol. The van der Waals surface area contributed by atoms with Crippen LogP contribution in [0.15, 0.2) is 29.2 Å². The van der Waals surface area contributed by atoms with Gasteiger partial charge in [0, 0.05) is 10.9 Å². The van der Waals surface area contributed by atoms with Crippen LogP contribution in [0.5, 0.6) is 0 Å². The normalized spacial score (nSPS) is 24.6. The highest BCUT2D eigenvalue weighted by molar-refractivity contribution is 7.98. The summed E-state index contributed by atoms with van der Waals surface area (Å²) in [6.45, 7) is 1.70. The van der Waals surface area contributed by atoms with Crippen LogP contribution in [0.1, 0.15) is 26.2 Å². The van der Waals surface area contributed by atoms with Gasteiger partial charge in [0.05, 0.1) is 11.1 Å². The van der Waals surface area contributed by atoms with E-state index in [1.165, 1.54) is 0 Å². The van der Waals surface area contributed by atoms with Gasteiger partial charge in [-0.2, -0.15) is 0 Å². The summed E-state index contributed by atoms with van der Waals surface area (Å²) in [6, 6.07) is 6.83. The Morgan fingerprint density at radius 3 is 2.76 bits per heavy atom. The summed E-state index contributed by atoms with van der Waals surface area (Å²) in [4.78, 5) is 24.5. The molecule has 6 heteroatoms. The van der Waals surface area contributed by atoms with Gasteiger partial charge in [0.15, 0.2) is 0 Å². The number of para-hydroxylation sites is 1. The number of nitrogens with one attached hydrogen (secondary N) is 2. The van der Waals surface area contributed by atoms with E-state index in [4.69, 9.17) is 0 Å². The van der Waals surface area contributed by atoms with Crippen molar-refractivity contribution in [3.05, 3.63) is 24.3 Å². The lowest BCUT2D eigenvalue weighted by Gasteiger charge is -2.27. The van der Waals surface area contributed by atoms with Gasteiger partial charge in [0.25, 0.3) is 0 Å². The second kappa shape index (κ2) is 6.39. The number of carboxylic acids is 1. The van der Waals surface area contributed by atoms with Crippen molar-refractivity contribution < 1.29 is 14.7 Å². The number of amides is 2. The minimum absolute atomic E-state index is 0.337. The topological polar surface area (TPSA) is 78.4 Å². The van der Waals surface area contributed by atoms with Crippen LogP contribution in [0.2, 0.25) is 0 Å². The number of carbonyl (C=O) groups excluding carboxylic acids is 1. The third-order valence-electron chi connectivity index (χ3n) is 4.11. The van der Waals surface area contributed by atoms with E-state index >= 15 is 0 Å². The van der Waals surface area contributed by atoms with Crippen LogP contribution in [-0.2, 0) is 4.79 Å². The molecule has 0 aromatic heterocycles. The smallest absolute Gasteiger partial charge is 0.319 e. The molecule has 0 bridgehead atoms. The number of carboxylic acid groups (broad SMARTS) is 1. The molecule has 2 amide bonds. The number of aliphatic carboxylic acids is 1. The summed E-state index contributed by atoms with van der Waals surface area (Å²) in [7, 11) is 0. The molecule has 1 aromatic rings. The summed E-state index contributed by atoms with van der Waals surface area (Å²) in [5.74, 6) is -0.852. The van der Waals surface area contributed by atoms with Gasteiger partial charge in [-0.1, -0.05) is 18.6 Å². The minimum Gasteiger partial charge on any atom is -0.481 e. The van der Waals surface area contributed by atoms with E-state index in [0.717, 1.165) is 17.0 Å². The molecule has 0 aliphatic heterocycles. The molecular formula is C15H20N2O3S. The van der Waals surface area contributed by atoms with Crippen molar-refractivity contribution in [1.82, 2.24) is 5.32 Å². The van der Waals surface area contributed by atoms with Gasteiger partial charge < -0.3 is 15.7 Å². The molecule has 1 saturated carbocycles. The van der Waals surface area contributed by atoms with E-state index in [9.17, 15) is 14.7 Å². The van der Waals surface area contributed by atoms with Gasteiger partial charge in [-0.3, -0.25) is 4.79 Å². The highest BCUT2D eigenvalue weighted by Gasteiger charge is 2.45. The van der Waals surface area contributed by atoms with Crippen molar-refractivity contribution in [1.29, 1.82) is 0 Å². The lowest BCUT2D eigenvalue weighted by Crippen LogP contribution is -2.48. The molecule has 2 unspecified atom stereocenters. The lowest BCUT2D eigenvalue weighted by molar-refractivity contribution is -0.148. The van der Waals surface area contributed by atoms with E-state index in [2.05, 4.69) is 10.6 Å². The molecule has 5 nitrogen and oxygen atoms in total. The van der Waals surface area contributed by atoms with Gasteiger partial charge >= 0.3 is 12.0 Å². The number of urea groups is 1. The molecule has 0 radical (unpaired) electrons. The Bertz CT molecular complexity index is 549. The van der Waals surface area contributed by atoms with E-state index in [1.54, 1.807) is 18.7 Å². The first kappa shape index (κ1) is 15.7. The van der Waals surface area contributed by atoms with Crippen LogP contribution in [0.25, 0.3) is 0 Å². The molecule has 0 saturated heterocycles. The first-order valence-electron chi connectivity index (χ1n) is 6.91. The maximum Gasteiger partial charge on any atom is 0.319 e. The van der Waals surface area contributed by atoms with Crippen LogP contribution in [-0.4, -0.2) is 29.4 Å². The molecule has 0 heterocycles. The zero-order valence-corrected chi connectivity index (χ0v) is 13.0. The predicted octanol–water partition coefficient (Wildman–Crippen LogP) is 3.17. The number of anilines is 1. The van der Waals surface area contributed by atoms with Gasteiger partial charge in [0.1, 0.15) is 0 Å². The maximum atomic E-state index is 12.1. The molecule has 1 aromatic carbocycles. The summed E-state index contributed by atoms with van der Waals surface area (Å²) in [6.07, 6.45) is 4.04. The van der Waals surface area contributed by atoms with E-state index in [1.807, 2.05) is 30.5 Å². The van der Waals surface area contributed by atoms with E-state index in [0.29, 0.717) is 12.8 Å². The zero-order chi connectivity index (χ0) is 15.5. The molecule has 114 valence electrons. The Morgan fingerprint density at radius 1 is 1.38 bits per heavy atom. The molecule has 1 aliphatic carbocycles. The lowest BCUT2D eigenvalue weighted by atomic mass is 9.85. The quantitative estimate of drug-likeness (QED) is 0.747. The molecule has 2 atom stereocenters. The average Bonchev–Trinajstić information content (AvgIpc) is 2.82. The Morgan fingerprint density at radius 2 is 2.10 bits per heavy atom. The Balaban J connectivity index is 2.03. The molecule has 21 heavy (non-hydrogen) atoms. The Labute approximate surface area is 128 Å².